The zero-order valence-electron chi connectivity index (χ0n) is 22.3. The SMILES string of the molecule is CCN1C(=O)c2cccc3c(NC(=O)C=Cc4cn(-c5ccccc5)nc4-c4ccc5c(c4)OCCO5)ccc1c23. The van der Waals surface area contributed by atoms with Crippen molar-refractivity contribution >= 4 is 40.0 Å². The van der Waals surface area contributed by atoms with Gasteiger partial charge < -0.3 is 19.7 Å². The van der Waals surface area contributed by atoms with Gasteiger partial charge in [-0.15, -0.1) is 0 Å². The van der Waals surface area contributed by atoms with Crippen molar-refractivity contribution in [1.82, 2.24) is 9.78 Å². The zero-order valence-corrected chi connectivity index (χ0v) is 22.3. The number of nitrogens with zero attached hydrogens (tertiary/aromatic N) is 3. The minimum Gasteiger partial charge on any atom is -0.486 e. The quantitative estimate of drug-likeness (QED) is 0.262. The standard InChI is InChI=1S/C33H26N4O4/c1-2-36-27-14-13-26(24-9-6-10-25(31(24)27)33(36)39)34-30(38)16-12-22-20-37(23-7-4-3-5-8-23)35-32(22)21-11-15-28-29(19-21)41-18-17-40-28/h3-16,19-20H,2,17-18H2,1H3,(H,34,38). The number of para-hydroxylation sites is 1. The number of rotatable bonds is 6. The van der Waals surface area contributed by atoms with Crippen LogP contribution in [-0.4, -0.2) is 41.4 Å². The highest BCUT2D eigenvalue weighted by atomic mass is 16.6. The molecule has 8 nitrogen and oxygen atoms in total. The fourth-order valence-corrected chi connectivity index (χ4v) is 5.45. The van der Waals surface area contributed by atoms with Crippen molar-refractivity contribution in [2.75, 3.05) is 30.0 Å². The normalized spacial score (nSPS) is 13.8. The van der Waals surface area contributed by atoms with Gasteiger partial charge in [0.1, 0.15) is 18.9 Å². The van der Waals surface area contributed by atoms with Crippen LogP contribution in [0.4, 0.5) is 11.4 Å². The van der Waals surface area contributed by atoms with E-state index in [0.29, 0.717) is 48.2 Å². The predicted molar refractivity (Wildman–Crippen MR) is 159 cm³/mol. The molecule has 8 heteroatoms. The van der Waals surface area contributed by atoms with Crippen LogP contribution in [0.15, 0.2) is 91.1 Å². The van der Waals surface area contributed by atoms with E-state index < -0.39 is 0 Å². The number of carbonyl (C=O) groups is 2. The van der Waals surface area contributed by atoms with Crippen molar-refractivity contribution in [1.29, 1.82) is 0 Å². The van der Waals surface area contributed by atoms with Crippen molar-refractivity contribution in [2.24, 2.45) is 0 Å². The first-order valence-electron chi connectivity index (χ1n) is 13.5. The number of hydrogen-bond donors (Lipinski definition) is 1. The maximum atomic E-state index is 13.2. The molecule has 0 saturated heterocycles. The summed E-state index contributed by atoms with van der Waals surface area (Å²) >= 11 is 0. The Morgan fingerprint density at radius 2 is 1.80 bits per heavy atom. The largest absolute Gasteiger partial charge is 0.486 e. The first kappa shape index (κ1) is 24.7. The zero-order chi connectivity index (χ0) is 27.9. The van der Waals surface area contributed by atoms with E-state index in [1.165, 1.54) is 6.08 Å². The first-order valence-corrected chi connectivity index (χ1v) is 13.5. The summed E-state index contributed by atoms with van der Waals surface area (Å²) in [5.41, 5.74) is 5.40. The first-order chi connectivity index (χ1) is 20.1. The molecule has 0 fully saturated rings. The van der Waals surface area contributed by atoms with Gasteiger partial charge in [-0.25, -0.2) is 4.68 Å². The molecule has 0 aliphatic carbocycles. The maximum Gasteiger partial charge on any atom is 0.258 e. The Balaban J connectivity index is 1.22. The number of aromatic nitrogens is 2. The molecular formula is C33H26N4O4. The summed E-state index contributed by atoms with van der Waals surface area (Å²) < 4.78 is 13.3. The molecule has 0 bridgehead atoms. The second-order valence-corrected chi connectivity index (χ2v) is 9.80. The lowest BCUT2D eigenvalue weighted by Crippen LogP contribution is -2.25. The summed E-state index contributed by atoms with van der Waals surface area (Å²) in [7, 11) is 0. The van der Waals surface area contributed by atoms with Gasteiger partial charge in [0.05, 0.1) is 11.4 Å². The molecule has 7 rings (SSSR count). The van der Waals surface area contributed by atoms with Gasteiger partial charge in [-0.1, -0.05) is 30.3 Å². The molecule has 2 aliphatic rings. The lowest BCUT2D eigenvalue weighted by atomic mass is 10.0. The van der Waals surface area contributed by atoms with Crippen LogP contribution in [0.2, 0.25) is 0 Å². The van der Waals surface area contributed by atoms with Gasteiger partial charge in [-0.3, -0.25) is 9.59 Å². The van der Waals surface area contributed by atoms with E-state index in [2.05, 4.69) is 5.32 Å². The number of anilines is 2. The molecule has 5 aromatic rings. The number of nitrogens with one attached hydrogen (secondary N) is 1. The Labute approximate surface area is 236 Å². The molecule has 4 aromatic carbocycles. The molecule has 202 valence electrons. The maximum absolute atomic E-state index is 13.2. The van der Waals surface area contributed by atoms with Gasteiger partial charge in [0.2, 0.25) is 5.91 Å². The molecule has 3 heterocycles. The Bertz CT molecular complexity index is 1860. The lowest BCUT2D eigenvalue weighted by Gasteiger charge is -2.18. The topological polar surface area (TPSA) is 85.7 Å². The molecule has 1 N–H and O–H groups in total. The van der Waals surface area contributed by atoms with Crippen LogP contribution in [0, 0.1) is 0 Å². The number of hydrogen-bond acceptors (Lipinski definition) is 5. The second kappa shape index (κ2) is 9.98. The van der Waals surface area contributed by atoms with E-state index in [1.807, 2.05) is 92.0 Å². The summed E-state index contributed by atoms with van der Waals surface area (Å²) in [5, 5.41) is 9.56. The van der Waals surface area contributed by atoms with Crippen LogP contribution in [-0.2, 0) is 4.79 Å². The predicted octanol–water partition coefficient (Wildman–Crippen LogP) is 6.10. The highest BCUT2D eigenvalue weighted by Gasteiger charge is 2.29. The van der Waals surface area contributed by atoms with Gasteiger partial charge in [-0.05, 0) is 61.5 Å². The highest BCUT2D eigenvalue weighted by molar-refractivity contribution is 6.27. The van der Waals surface area contributed by atoms with Gasteiger partial charge in [0.25, 0.3) is 5.91 Å². The fraction of sp³-hybridized carbons (Fsp3) is 0.121. The van der Waals surface area contributed by atoms with Crippen LogP contribution < -0.4 is 19.7 Å². The average Bonchev–Trinajstić information content (AvgIpc) is 3.57. The highest BCUT2D eigenvalue weighted by Crippen LogP contribution is 2.40. The number of fused-ring (bicyclic) bond motifs is 1. The molecule has 2 amide bonds. The van der Waals surface area contributed by atoms with E-state index in [-0.39, 0.29) is 11.8 Å². The summed E-state index contributed by atoms with van der Waals surface area (Å²) in [6, 6.07) is 24.9. The minimum absolute atomic E-state index is 0.0152. The molecular weight excluding hydrogens is 516 g/mol. The number of amides is 2. The van der Waals surface area contributed by atoms with E-state index in [4.69, 9.17) is 14.6 Å². The molecule has 0 unspecified atom stereocenters. The summed E-state index contributed by atoms with van der Waals surface area (Å²) in [6.45, 7) is 3.54. The average molecular weight is 543 g/mol. The summed E-state index contributed by atoms with van der Waals surface area (Å²) in [6.07, 6.45) is 5.16. The Morgan fingerprint density at radius 3 is 2.63 bits per heavy atom. The summed E-state index contributed by atoms with van der Waals surface area (Å²) in [5.74, 6) is 1.07. The van der Waals surface area contributed by atoms with Crippen molar-refractivity contribution in [3.63, 3.8) is 0 Å². The summed E-state index contributed by atoms with van der Waals surface area (Å²) in [4.78, 5) is 27.8. The van der Waals surface area contributed by atoms with Crippen molar-refractivity contribution < 1.29 is 19.1 Å². The molecule has 41 heavy (non-hydrogen) atoms. The number of ether oxygens (including phenoxy) is 2. The second-order valence-electron chi connectivity index (χ2n) is 9.80. The monoisotopic (exact) mass is 542 g/mol. The molecule has 0 atom stereocenters. The lowest BCUT2D eigenvalue weighted by molar-refractivity contribution is -0.111. The Morgan fingerprint density at radius 1 is 0.976 bits per heavy atom. The Kier molecular flexibility index (Phi) is 6.00. The van der Waals surface area contributed by atoms with Crippen molar-refractivity contribution in [3.05, 3.63) is 102 Å². The third-order valence-electron chi connectivity index (χ3n) is 7.35. The minimum atomic E-state index is -0.289. The Hall–Kier alpha value is -5.37. The van der Waals surface area contributed by atoms with Crippen LogP contribution >= 0.6 is 0 Å². The van der Waals surface area contributed by atoms with E-state index in [1.54, 1.807) is 15.7 Å². The molecule has 0 radical (unpaired) electrons. The van der Waals surface area contributed by atoms with Crippen LogP contribution in [0.5, 0.6) is 11.5 Å². The van der Waals surface area contributed by atoms with Crippen LogP contribution in [0.3, 0.4) is 0 Å². The van der Waals surface area contributed by atoms with Crippen LogP contribution in [0.25, 0.3) is 33.8 Å². The third-order valence-corrected chi connectivity index (χ3v) is 7.35. The number of benzene rings is 4. The fourth-order valence-electron chi connectivity index (χ4n) is 5.45. The van der Waals surface area contributed by atoms with E-state index in [0.717, 1.165) is 33.3 Å². The van der Waals surface area contributed by atoms with E-state index in [9.17, 15) is 9.59 Å². The molecule has 0 spiro atoms. The molecule has 2 aliphatic heterocycles. The third kappa shape index (κ3) is 4.30. The van der Waals surface area contributed by atoms with Gasteiger partial charge in [0, 0.05) is 52.0 Å². The van der Waals surface area contributed by atoms with Crippen molar-refractivity contribution in [2.45, 2.75) is 6.92 Å². The van der Waals surface area contributed by atoms with Gasteiger partial charge in [-0.2, -0.15) is 5.10 Å². The van der Waals surface area contributed by atoms with Crippen molar-refractivity contribution in [3.8, 4) is 28.4 Å². The van der Waals surface area contributed by atoms with E-state index >= 15 is 0 Å². The number of carbonyl (C=O) groups excluding carboxylic acids is 2. The molecule has 1 aromatic heterocycles. The van der Waals surface area contributed by atoms with Gasteiger partial charge >= 0.3 is 0 Å². The molecule has 0 saturated carbocycles. The smallest absolute Gasteiger partial charge is 0.258 e. The van der Waals surface area contributed by atoms with Gasteiger partial charge in [0.15, 0.2) is 11.5 Å². The van der Waals surface area contributed by atoms with Crippen LogP contribution in [0.1, 0.15) is 22.8 Å².